The van der Waals surface area contributed by atoms with E-state index in [1.807, 2.05) is 62.4 Å². The number of rotatable bonds is 13. The lowest BCUT2D eigenvalue weighted by molar-refractivity contribution is -0.135. The van der Waals surface area contributed by atoms with E-state index in [0.717, 1.165) is 33.8 Å². The number of carbonyl (C=O) groups excluding carboxylic acids is 4. The van der Waals surface area contributed by atoms with E-state index < -0.39 is 34.8 Å². The molecule has 0 spiro atoms. The van der Waals surface area contributed by atoms with Gasteiger partial charge in [0.05, 0.1) is 24.1 Å². The summed E-state index contributed by atoms with van der Waals surface area (Å²) >= 11 is -1.98. The number of halogens is 1. The van der Waals surface area contributed by atoms with Crippen molar-refractivity contribution in [1.82, 2.24) is 29.4 Å². The number of nitrogens with zero attached hydrogens (tertiary/aromatic N) is 4. The van der Waals surface area contributed by atoms with Crippen molar-refractivity contribution in [3.8, 4) is 11.5 Å². The smallest absolute Gasteiger partial charge is 0.330 e. The number of hydrogen-bond donors (Lipinski definition) is 3. The normalized spacial score (nSPS) is 18.9. The average Bonchev–Trinajstić information content (AvgIpc) is 3.72. The summed E-state index contributed by atoms with van der Waals surface area (Å²) < 4.78 is 47.6. The van der Waals surface area contributed by atoms with E-state index in [-0.39, 0.29) is 92.0 Å². The number of amides is 4. The minimum Gasteiger partial charge on any atom is -0.492 e. The van der Waals surface area contributed by atoms with Crippen LogP contribution in [0.4, 0.5) is 10.1 Å². The van der Waals surface area contributed by atoms with Gasteiger partial charge in [-0.15, -0.1) is 0 Å². The van der Waals surface area contributed by atoms with Crippen LogP contribution < -0.4 is 34.8 Å². The molecular formula is C43H46FN7O8S. The van der Waals surface area contributed by atoms with Gasteiger partial charge in [-0.1, -0.05) is 42.5 Å². The van der Waals surface area contributed by atoms with E-state index >= 15 is 4.39 Å². The second-order valence-electron chi connectivity index (χ2n) is 15.6. The van der Waals surface area contributed by atoms with Crippen molar-refractivity contribution in [2.45, 2.75) is 64.1 Å². The number of fused-ring (bicyclic) bond motifs is 2. The van der Waals surface area contributed by atoms with Crippen LogP contribution in [-0.2, 0) is 37.0 Å². The van der Waals surface area contributed by atoms with Crippen molar-refractivity contribution in [1.29, 1.82) is 0 Å². The molecule has 4 aromatic carbocycles. The summed E-state index contributed by atoms with van der Waals surface area (Å²) in [6.07, 6.45) is 2.10. The highest BCUT2D eigenvalue weighted by molar-refractivity contribution is 7.85. The molecule has 17 heteroatoms. The molecule has 15 nitrogen and oxygen atoms in total. The lowest BCUT2D eigenvalue weighted by Crippen LogP contribution is -2.44. The number of nitrogens with one attached hydrogen (secondary N) is 3. The molecule has 4 heterocycles. The fourth-order valence-corrected chi connectivity index (χ4v) is 9.22. The molecule has 5 aromatic rings. The molecular weight excluding hydrogens is 794 g/mol. The number of imide groups is 1. The van der Waals surface area contributed by atoms with Crippen LogP contribution in [0.15, 0.2) is 77.6 Å². The first kappa shape index (κ1) is 40.7. The molecule has 1 aromatic heterocycles. The number of carbonyl (C=O) groups is 4. The van der Waals surface area contributed by atoms with Gasteiger partial charge in [-0.3, -0.25) is 47.6 Å². The van der Waals surface area contributed by atoms with Gasteiger partial charge in [0.2, 0.25) is 28.9 Å². The number of ether oxygens (including phenoxy) is 2. The summed E-state index contributed by atoms with van der Waals surface area (Å²) in [5.74, 6) is -1.40. The maximum atomic E-state index is 16.3. The minimum absolute atomic E-state index is 0.0940. The van der Waals surface area contributed by atoms with Gasteiger partial charge >= 0.3 is 5.69 Å². The molecule has 3 aliphatic heterocycles. The van der Waals surface area contributed by atoms with Crippen LogP contribution in [0.1, 0.15) is 68.7 Å². The SMILES string of the molecule is CC(C)n1c(=O)n(C2CCC(=O)NC2=O)c2ccc(C3CCN(CC(=O)NCCOc4ccc5cc(OCc6ccccc6)c(N6CC(=O)NS6=O)c(F)c5c4)CC3)cc21. The van der Waals surface area contributed by atoms with Crippen LogP contribution in [0.3, 0.4) is 0 Å². The predicted octanol–water partition coefficient (Wildman–Crippen LogP) is 4.12. The zero-order valence-electron chi connectivity index (χ0n) is 33.3. The highest BCUT2D eigenvalue weighted by Crippen LogP contribution is 2.40. The van der Waals surface area contributed by atoms with Gasteiger partial charge in [-0.05, 0) is 99.0 Å². The van der Waals surface area contributed by atoms with Gasteiger partial charge in [-0.2, -0.15) is 0 Å². The van der Waals surface area contributed by atoms with E-state index in [9.17, 15) is 28.2 Å². The fraction of sp³-hybridized carbons (Fsp3) is 0.372. The molecule has 3 aliphatic rings. The van der Waals surface area contributed by atoms with Gasteiger partial charge in [0.15, 0.2) is 5.82 Å². The van der Waals surface area contributed by atoms with Crippen LogP contribution in [0.25, 0.3) is 21.8 Å². The Kier molecular flexibility index (Phi) is 11.7. The Labute approximate surface area is 347 Å². The molecule has 3 saturated heterocycles. The highest BCUT2D eigenvalue weighted by Gasteiger charge is 2.34. The van der Waals surface area contributed by atoms with Crippen molar-refractivity contribution in [3.05, 3.63) is 100 Å². The third kappa shape index (κ3) is 8.36. The van der Waals surface area contributed by atoms with E-state index in [4.69, 9.17) is 9.47 Å². The third-order valence-electron chi connectivity index (χ3n) is 11.3. The van der Waals surface area contributed by atoms with Gasteiger partial charge in [0, 0.05) is 17.8 Å². The van der Waals surface area contributed by atoms with Crippen LogP contribution in [-0.4, -0.2) is 81.2 Å². The van der Waals surface area contributed by atoms with Crippen molar-refractivity contribution < 1.29 is 37.3 Å². The topological polar surface area (TPSA) is 173 Å². The van der Waals surface area contributed by atoms with Crippen LogP contribution in [0.2, 0.25) is 0 Å². The summed E-state index contributed by atoms with van der Waals surface area (Å²) in [4.78, 5) is 65.2. The van der Waals surface area contributed by atoms with Gasteiger partial charge in [0.1, 0.15) is 43.0 Å². The number of hydrogen-bond acceptors (Lipinski definition) is 9. The summed E-state index contributed by atoms with van der Waals surface area (Å²) in [5, 5.41) is 5.98. The Morgan fingerprint density at radius 3 is 2.43 bits per heavy atom. The number of anilines is 1. The van der Waals surface area contributed by atoms with Crippen LogP contribution >= 0.6 is 0 Å². The Hall–Kier alpha value is -6.07. The summed E-state index contributed by atoms with van der Waals surface area (Å²) in [6.45, 7) is 5.71. The molecule has 3 fully saturated rings. The maximum absolute atomic E-state index is 16.3. The van der Waals surface area contributed by atoms with Crippen LogP contribution in [0.5, 0.6) is 11.5 Å². The second-order valence-corrected chi connectivity index (χ2v) is 16.7. The van der Waals surface area contributed by atoms with E-state index in [0.29, 0.717) is 29.7 Å². The van der Waals surface area contributed by atoms with Crippen molar-refractivity contribution in [3.63, 3.8) is 0 Å². The summed E-state index contributed by atoms with van der Waals surface area (Å²) in [6, 6.07) is 21.0. The van der Waals surface area contributed by atoms with Crippen molar-refractivity contribution >= 4 is 62.3 Å². The quantitative estimate of drug-likeness (QED) is 0.117. The monoisotopic (exact) mass is 839 g/mol. The van der Waals surface area contributed by atoms with Gasteiger partial charge in [0.25, 0.3) is 5.91 Å². The molecule has 3 N–H and O–H groups in total. The number of imidazole rings is 1. The van der Waals surface area contributed by atoms with E-state index in [1.165, 1.54) is 10.6 Å². The maximum Gasteiger partial charge on any atom is 0.330 e. The van der Waals surface area contributed by atoms with Crippen molar-refractivity contribution in [2.24, 2.45) is 0 Å². The first-order valence-corrected chi connectivity index (χ1v) is 21.2. The standard InChI is InChI=1S/C43H46FN7O8S/c1-26(2)50-35-20-29(9-11-33(35)51(43(50)56)34-12-13-37(52)46-42(34)55)28-14-17-48(18-15-28)23-38(53)45-16-19-58-31-10-8-30-21-36(59-25-27-6-4-3-5-7-27)41(40(44)32(30)22-31)49-24-39(54)47-60(49)57/h3-11,20-22,26,28,34H,12-19,23-25H2,1-2H3,(H,45,53)(H,47,54)(H,46,52,55). The third-order valence-corrected chi connectivity index (χ3v) is 12.4. The highest BCUT2D eigenvalue weighted by atomic mass is 32.2. The lowest BCUT2D eigenvalue weighted by Gasteiger charge is -2.31. The van der Waals surface area contributed by atoms with E-state index in [2.05, 4.69) is 20.3 Å². The first-order chi connectivity index (χ1) is 28.9. The molecule has 2 atom stereocenters. The molecule has 0 aliphatic carbocycles. The summed E-state index contributed by atoms with van der Waals surface area (Å²) in [7, 11) is 0. The average molecular weight is 840 g/mol. The Bertz CT molecular complexity index is 2570. The predicted molar refractivity (Wildman–Crippen MR) is 223 cm³/mol. The van der Waals surface area contributed by atoms with Gasteiger partial charge < -0.3 is 14.8 Å². The zero-order chi connectivity index (χ0) is 42.1. The largest absolute Gasteiger partial charge is 0.492 e. The number of piperidine rings is 2. The molecule has 0 radical (unpaired) electrons. The number of benzene rings is 4. The molecule has 4 amide bonds. The zero-order valence-corrected chi connectivity index (χ0v) is 34.1. The van der Waals surface area contributed by atoms with E-state index in [1.54, 1.807) is 22.8 Å². The fourth-order valence-electron chi connectivity index (χ4n) is 8.28. The molecule has 0 saturated carbocycles. The Balaban J connectivity index is 0.857. The first-order valence-electron chi connectivity index (χ1n) is 20.1. The van der Waals surface area contributed by atoms with Crippen molar-refractivity contribution in [2.75, 3.05) is 43.6 Å². The molecule has 0 bridgehead atoms. The Morgan fingerprint density at radius 2 is 1.72 bits per heavy atom. The van der Waals surface area contributed by atoms with Gasteiger partial charge in [-0.25, -0.2) is 13.4 Å². The number of aromatic nitrogens is 2. The summed E-state index contributed by atoms with van der Waals surface area (Å²) in [5.41, 5.74) is 3.01. The number of likely N-dealkylation sites (tertiary alicyclic amines) is 1. The minimum atomic E-state index is -1.98. The molecule has 2 unspecified atom stereocenters. The molecule has 8 rings (SSSR count). The second kappa shape index (κ2) is 17.3. The van der Waals surface area contributed by atoms with Crippen LogP contribution in [0, 0.1) is 5.82 Å². The Morgan fingerprint density at radius 1 is 0.933 bits per heavy atom. The molecule has 60 heavy (non-hydrogen) atoms. The molecule has 314 valence electrons. The lowest BCUT2D eigenvalue weighted by atomic mass is 9.89.